The monoisotopic (exact) mass is 289 g/mol. The second kappa shape index (κ2) is 5.88. The molecule has 0 aliphatic carbocycles. The molecule has 0 aliphatic heterocycles. The van der Waals surface area contributed by atoms with Crippen LogP contribution in [0.1, 0.15) is 26.4 Å². The van der Waals surface area contributed by atoms with Crippen LogP contribution in [0.2, 0.25) is 0 Å². The number of amides is 1. The van der Waals surface area contributed by atoms with Crippen molar-refractivity contribution in [2.75, 3.05) is 5.32 Å². The van der Waals surface area contributed by atoms with Crippen molar-refractivity contribution in [2.45, 2.75) is 20.3 Å². The van der Waals surface area contributed by atoms with Crippen LogP contribution in [0.5, 0.6) is 0 Å². The first-order valence-corrected chi connectivity index (χ1v) is 7.02. The van der Waals surface area contributed by atoms with Crippen molar-refractivity contribution in [3.8, 4) is 0 Å². The standard InChI is InChI=1S/C15H15NO3S/c1-9-4-3-5-11(6-9)7-12(17)16-13-10(2)8-20-14(13)15(18)19/h3-6,8H,7H2,1-2H3,(H,16,17)(H,18,19). The Labute approximate surface area is 121 Å². The predicted molar refractivity (Wildman–Crippen MR) is 79.5 cm³/mol. The average molecular weight is 289 g/mol. The van der Waals surface area contributed by atoms with Crippen molar-refractivity contribution in [3.05, 3.63) is 51.2 Å². The third kappa shape index (κ3) is 3.24. The van der Waals surface area contributed by atoms with E-state index in [1.165, 1.54) is 0 Å². The number of carboxylic acid groups (broad SMARTS) is 1. The maximum absolute atomic E-state index is 12.0. The molecule has 5 heteroatoms. The van der Waals surface area contributed by atoms with E-state index in [1.54, 1.807) is 12.3 Å². The van der Waals surface area contributed by atoms with Gasteiger partial charge in [-0.2, -0.15) is 0 Å². The van der Waals surface area contributed by atoms with E-state index < -0.39 is 5.97 Å². The summed E-state index contributed by atoms with van der Waals surface area (Å²) in [5, 5.41) is 13.5. The van der Waals surface area contributed by atoms with Crippen molar-refractivity contribution < 1.29 is 14.7 Å². The van der Waals surface area contributed by atoms with E-state index in [1.807, 2.05) is 31.2 Å². The van der Waals surface area contributed by atoms with Crippen LogP contribution in [-0.2, 0) is 11.2 Å². The molecule has 4 nitrogen and oxygen atoms in total. The Balaban J connectivity index is 2.12. The zero-order valence-electron chi connectivity index (χ0n) is 11.3. The molecule has 0 spiro atoms. The Hall–Kier alpha value is -2.14. The summed E-state index contributed by atoms with van der Waals surface area (Å²) in [6, 6.07) is 7.69. The van der Waals surface area contributed by atoms with Gasteiger partial charge in [-0.1, -0.05) is 29.8 Å². The van der Waals surface area contributed by atoms with Gasteiger partial charge in [-0.25, -0.2) is 4.79 Å². The molecule has 2 rings (SSSR count). The lowest BCUT2D eigenvalue weighted by atomic mass is 10.1. The second-order valence-corrected chi connectivity index (χ2v) is 5.52. The van der Waals surface area contributed by atoms with Gasteiger partial charge < -0.3 is 10.4 Å². The highest BCUT2D eigenvalue weighted by molar-refractivity contribution is 7.12. The number of aromatic carboxylic acids is 1. The van der Waals surface area contributed by atoms with Crippen LogP contribution in [0.15, 0.2) is 29.6 Å². The summed E-state index contributed by atoms with van der Waals surface area (Å²) >= 11 is 1.12. The first kappa shape index (κ1) is 14.3. The zero-order valence-corrected chi connectivity index (χ0v) is 12.1. The summed E-state index contributed by atoms with van der Waals surface area (Å²) in [6.45, 7) is 3.75. The average Bonchev–Trinajstić information content (AvgIpc) is 2.71. The number of carbonyl (C=O) groups excluding carboxylic acids is 1. The molecule has 1 amide bonds. The summed E-state index contributed by atoms with van der Waals surface area (Å²) in [5.41, 5.74) is 3.17. The molecule has 0 fully saturated rings. The highest BCUT2D eigenvalue weighted by Gasteiger charge is 2.17. The van der Waals surface area contributed by atoms with E-state index in [0.29, 0.717) is 5.69 Å². The van der Waals surface area contributed by atoms with Crippen LogP contribution in [0, 0.1) is 13.8 Å². The quantitative estimate of drug-likeness (QED) is 0.908. The van der Waals surface area contributed by atoms with Gasteiger partial charge in [0, 0.05) is 0 Å². The van der Waals surface area contributed by atoms with Gasteiger partial charge in [-0.3, -0.25) is 4.79 Å². The normalized spacial score (nSPS) is 10.3. The van der Waals surface area contributed by atoms with Crippen LogP contribution in [0.3, 0.4) is 0 Å². The van der Waals surface area contributed by atoms with Crippen molar-refractivity contribution >= 4 is 28.9 Å². The Bertz CT molecular complexity index is 661. The number of benzene rings is 1. The summed E-state index contributed by atoms with van der Waals surface area (Å²) < 4.78 is 0. The predicted octanol–water partition coefficient (Wildman–Crippen LogP) is 3.24. The minimum Gasteiger partial charge on any atom is -0.477 e. The molecule has 1 aromatic carbocycles. The second-order valence-electron chi connectivity index (χ2n) is 4.64. The number of hydrogen-bond acceptors (Lipinski definition) is 3. The largest absolute Gasteiger partial charge is 0.477 e. The van der Waals surface area contributed by atoms with Gasteiger partial charge in [0.1, 0.15) is 4.88 Å². The lowest BCUT2D eigenvalue weighted by Gasteiger charge is -2.07. The maximum Gasteiger partial charge on any atom is 0.348 e. The van der Waals surface area contributed by atoms with Crippen LogP contribution < -0.4 is 5.32 Å². The fourth-order valence-electron chi connectivity index (χ4n) is 1.95. The van der Waals surface area contributed by atoms with E-state index in [9.17, 15) is 9.59 Å². The molecular weight excluding hydrogens is 274 g/mol. The third-order valence-electron chi connectivity index (χ3n) is 2.88. The molecule has 1 heterocycles. The first-order chi connectivity index (χ1) is 9.47. The number of aryl methyl sites for hydroxylation is 2. The van der Waals surface area contributed by atoms with Gasteiger partial charge in [0.15, 0.2) is 0 Å². The summed E-state index contributed by atoms with van der Waals surface area (Å²) in [7, 11) is 0. The van der Waals surface area contributed by atoms with Gasteiger partial charge in [0.05, 0.1) is 12.1 Å². The van der Waals surface area contributed by atoms with E-state index in [-0.39, 0.29) is 17.2 Å². The maximum atomic E-state index is 12.0. The topological polar surface area (TPSA) is 66.4 Å². The van der Waals surface area contributed by atoms with Crippen LogP contribution in [0.25, 0.3) is 0 Å². The van der Waals surface area contributed by atoms with Crippen molar-refractivity contribution in [1.29, 1.82) is 0 Å². The van der Waals surface area contributed by atoms with Gasteiger partial charge >= 0.3 is 5.97 Å². The Morgan fingerprint density at radius 2 is 2.05 bits per heavy atom. The highest BCUT2D eigenvalue weighted by Crippen LogP contribution is 2.27. The van der Waals surface area contributed by atoms with Crippen molar-refractivity contribution in [2.24, 2.45) is 0 Å². The van der Waals surface area contributed by atoms with Crippen LogP contribution in [0.4, 0.5) is 5.69 Å². The number of hydrogen-bond donors (Lipinski definition) is 2. The van der Waals surface area contributed by atoms with Gasteiger partial charge in [-0.15, -0.1) is 11.3 Å². The SMILES string of the molecule is Cc1cccc(CC(=O)Nc2c(C)csc2C(=O)O)c1. The van der Waals surface area contributed by atoms with Crippen molar-refractivity contribution in [1.82, 2.24) is 0 Å². The molecule has 2 N–H and O–H groups in total. The molecular formula is C15H15NO3S. The Kier molecular flexibility index (Phi) is 4.20. The number of carbonyl (C=O) groups is 2. The minimum atomic E-state index is -1.02. The number of rotatable bonds is 4. The van der Waals surface area contributed by atoms with E-state index in [4.69, 9.17) is 5.11 Å². The summed E-state index contributed by atoms with van der Waals surface area (Å²) in [6.07, 6.45) is 0.232. The zero-order chi connectivity index (χ0) is 14.7. The number of carboxylic acids is 1. The molecule has 0 saturated carbocycles. The van der Waals surface area contributed by atoms with Gasteiger partial charge in [0.2, 0.25) is 5.91 Å². The molecule has 0 aliphatic rings. The van der Waals surface area contributed by atoms with Crippen LogP contribution >= 0.6 is 11.3 Å². The molecule has 20 heavy (non-hydrogen) atoms. The third-order valence-corrected chi connectivity index (χ3v) is 3.97. The number of thiophene rings is 1. The first-order valence-electron chi connectivity index (χ1n) is 6.14. The molecule has 1 aromatic heterocycles. The molecule has 2 aromatic rings. The number of nitrogens with one attached hydrogen (secondary N) is 1. The molecule has 0 saturated heterocycles. The molecule has 0 unspecified atom stereocenters. The molecule has 0 atom stereocenters. The lowest BCUT2D eigenvalue weighted by molar-refractivity contribution is -0.115. The minimum absolute atomic E-state index is 0.167. The molecule has 104 valence electrons. The van der Waals surface area contributed by atoms with Gasteiger partial charge in [0.25, 0.3) is 0 Å². The lowest BCUT2D eigenvalue weighted by Crippen LogP contribution is -2.16. The Morgan fingerprint density at radius 1 is 1.30 bits per heavy atom. The molecule has 0 radical (unpaired) electrons. The van der Waals surface area contributed by atoms with E-state index >= 15 is 0 Å². The van der Waals surface area contributed by atoms with E-state index in [0.717, 1.165) is 28.0 Å². The molecule has 0 bridgehead atoms. The Morgan fingerprint density at radius 3 is 2.70 bits per heavy atom. The van der Waals surface area contributed by atoms with Gasteiger partial charge in [-0.05, 0) is 30.4 Å². The fourth-order valence-corrected chi connectivity index (χ4v) is 2.79. The van der Waals surface area contributed by atoms with Crippen LogP contribution in [-0.4, -0.2) is 17.0 Å². The summed E-state index contributed by atoms with van der Waals surface area (Å²) in [4.78, 5) is 23.3. The highest BCUT2D eigenvalue weighted by atomic mass is 32.1. The fraction of sp³-hybridized carbons (Fsp3) is 0.200. The smallest absolute Gasteiger partial charge is 0.348 e. The van der Waals surface area contributed by atoms with E-state index in [2.05, 4.69) is 5.32 Å². The number of anilines is 1. The van der Waals surface area contributed by atoms with Crippen molar-refractivity contribution in [3.63, 3.8) is 0 Å². The summed E-state index contributed by atoms with van der Waals surface area (Å²) in [5.74, 6) is -1.23.